The van der Waals surface area contributed by atoms with Crippen molar-refractivity contribution in [3.05, 3.63) is 45.8 Å². The highest BCUT2D eigenvalue weighted by atomic mass is 127. The molecule has 4 rings (SSSR count). The van der Waals surface area contributed by atoms with Crippen molar-refractivity contribution in [3.63, 3.8) is 0 Å². The highest BCUT2D eigenvalue weighted by molar-refractivity contribution is 14.1. The minimum atomic E-state index is -0.120. The number of carbonyl (C=O) groups is 1. The average Bonchev–Trinajstić information content (AvgIpc) is 3.20. The number of benzene rings is 1. The van der Waals surface area contributed by atoms with Crippen LogP contribution in [0, 0.1) is 5.92 Å². The largest absolute Gasteiger partial charge is 0.474 e. The highest BCUT2D eigenvalue weighted by Gasteiger charge is 2.28. The first-order valence-corrected chi connectivity index (χ1v) is 12.0. The van der Waals surface area contributed by atoms with Gasteiger partial charge < -0.3 is 20.3 Å². The predicted molar refractivity (Wildman–Crippen MR) is 132 cm³/mol. The van der Waals surface area contributed by atoms with Crippen molar-refractivity contribution in [3.8, 4) is 17.1 Å². The SMILES string of the molecule is CN/C=c1/c(O[C@H](C)[C@H]2CNC(=O)C2)nc(-c2ccc3c(c2)CN(C)CC3)c/c1=C\I. The van der Waals surface area contributed by atoms with Gasteiger partial charge in [0.05, 0.1) is 10.9 Å². The summed E-state index contributed by atoms with van der Waals surface area (Å²) in [6.45, 7) is 4.73. The molecule has 0 unspecified atom stereocenters. The molecule has 1 aromatic carbocycles. The van der Waals surface area contributed by atoms with Crippen LogP contribution in [0.25, 0.3) is 21.5 Å². The Kier molecular flexibility index (Phi) is 6.81. The van der Waals surface area contributed by atoms with Gasteiger partial charge in [-0.2, -0.15) is 0 Å². The number of nitrogens with one attached hydrogen (secondary N) is 2. The molecule has 2 aliphatic heterocycles. The van der Waals surface area contributed by atoms with Gasteiger partial charge in [-0.1, -0.05) is 34.7 Å². The summed E-state index contributed by atoms with van der Waals surface area (Å²) in [5.74, 6) is 0.827. The molecule has 3 heterocycles. The van der Waals surface area contributed by atoms with Gasteiger partial charge in [0.25, 0.3) is 0 Å². The summed E-state index contributed by atoms with van der Waals surface area (Å²) in [4.78, 5) is 18.9. The fourth-order valence-corrected chi connectivity index (χ4v) is 4.77. The van der Waals surface area contributed by atoms with Crippen molar-refractivity contribution >= 4 is 38.8 Å². The summed E-state index contributed by atoms with van der Waals surface area (Å²) in [5.41, 5.74) is 4.78. The van der Waals surface area contributed by atoms with Crippen molar-refractivity contribution < 1.29 is 9.53 Å². The molecule has 2 atom stereocenters. The van der Waals surface area contributed by atoms with Crippen LogP contribution in [0.15, 0.2) is 24.3 Å². The normalized spacial score (nSPS) is 21.0. The van der Waals surface area contributed by atoms with Crippen LogP contribution in [0.1, 0.15) is 24.5 Å². The maximum absolute atomic E-state index is 11.7. The summed E-state index contributed by atoms with van der Waals surface area (Å²) >= 11 is 2.27. The van der Waals surface area contributed by atoms with Crippen LogP contribution in [0.4, 0.5) is 0 Å². The molecule has 1 aromatic heterocycles. The van der Waals surface area contributed by atoms with E-state index in [1.807, 2.05) is 20.2 Å². The third-order valence-electron chi connectivity index (χ3n) is 6.14. The van der Waals surface area contributed by atoms with E-state index in [1.165, 1.54) is 11.1 Å². The highest BCUT2D eigenvalue weighted by Crippen LogP contribution is 2.25. The summed E-state index contributed by atoms with van der Waals surface area (Å²) in [5, 5.41) is 7.98. The zero-order chi connectivity index (χ0) is 22.0. The molecule has 0 spiro atoms. The van der Waals surface area contributed by atoms with E-state index in [0.29, 0.717) is 18.8 Å². The Hall–Kier alpha value is -2.13. The molecule has 0 aliphatic carbocycles. The van der Waals surface area contributed by atoms with Crippen LogP contribution in [-0.2, 0) is 17.8 Å². The zero-order valence-corrected chi connectivity index (χ0v) is 20.4. The smallest absolute Gasteiger partial charge is 0.223 e. The lowest BCUT2D eigenvalue weighted by atomic mass is 9.96. The van der Waals surface area contributed by atoms with E-state index in [1.54, 1.807) is 0 Å². The number of fused-ring (bicyclic) bond motifs is 1. The van der Waals surface area contributed by atoms with Crippen molar-refractivity contribution in [2.24, 2.45) is 5.92 Å². The van der Waals surface area contributed by atoms with Crippen LogP contribution in [0.2, 0.25) is 0 Å². The fourth-order valence-electron chi connectivity index (χ4n) is 4.26. The zero-order valence-electron chi connectivity index (χ0n) is 18.2. The van der Waals surface area contributed by atoms with Crippen molar-refractivity contribution in [2.75, 3.05) is 27.2 Å². The second-order valence-electron chi connectivity index (χ2n) is 8.42. The molecule has 0 radical (unpaired) electrons. The van der Waals surface area contributed by atoms with E-state index in [0.717, 1.165) is 41.2 Å². The van der Waals surface area contributed by atoms with E-state index >= 15 is 0 Å². The first kappa shape index (κ1) is 22.1. The number of nitrogens with zero attached hydrogens (tertiary/aromatic N) is 2. The van der Waals surface area contributed by atoms with E-state index in [2.05, 4.69) is 73.5 Å². The Morgan fingerprint density at radius 2 is 2.19 bits per heavy atom. The van der Waals surface area contributed by atoms with E-state index in [4.69, 9.17) is 9.72 Å². The molecular formula is C24H29IN4O2. The second kappa shape index (κ2) is 9.56. The number of hydrogen-bond donors (Lipinski definition) is 2. The summed E-state index contributed by atoms with van der Waals surface area (Å²) in [6.07, 6.45) is 3.38. The Labute approximate surface area is 196 Å². The molecule has 1 saturated heterocycles. The number of rotatable bonds is 5. The monoisotopic (exact) mass is 532 g/mol. The molecule has 0 saturated carbocycles. The van der Waals surface area contributed by atoms with Crippen LogP contribution in [0.5, 0.6) is 5.88 Å². The number of halogens is 1. The number of likely N-dealkylation sites (N-methyl/N-ethyl adjacent to an activating group) is 1. The number of ether oxygens (including phenoxy) is 1. The van der Waals surface area contributed by atoms with Crippen molar-refractivity contribution in [2.45, 2.75) is 32.4 Å². The van der Waals surface area contributed by atoms with Gasteiger partial charge in [0.2, 0.25) is 11.8 Å². The molecule has 7 heteroatoms. The van der Waals surface area contributed by atoms with Crippen LogP contribution < -0.4 is 25.8 Å². The van der Waals surface area contributed by atoms with Crippen LogP contribution in [0.3, 0.4) is 0 Å². The molecule has 1 fully saturated rings. The van der Waals surface area contributed by atoms with Gasteiger partial charge in [-0.3, -0.25) is 4.79 Å². The summed E-state index contributed by atoms with van der Waals surface area (Å²) in [7, 11) is 4.03. The minimum Gasteiger partial charge on any atom is -0.474 e. The van der Waals surface area contributed by atoms with Gasteiger partial charge in [0.15, 0.2) is 0 Å². The fraction of sp³-hybridized carbons (Fsp3) is 0.417. The van der Waals surface area contributed by atoms with Crippen LogP contribution >= 0.6 is 22.6 Å². The van der Waals surface area contributed by atoms with Gasteiger partial charge in [-0.25, -0.2) is 4.98 Å². The lowest BCUT2D eigenvalue weighted by Crippen LogP contribution is -2.34. The Morgan fingerprint density at radius 3 is 2.90 bits per heavy atom. The quantitative estimate of drug-likeness (QED) is 0.575. The average molecular weight is 532 g/mol. The molecule has 1 amide bonds. The molecule has 2 N–H and O–H groups in total. The first-order chi connectivity index (χ1) is 15.0. The molecule has 31 heavy (non-hydrogen) atoms. The lowest BCUT2D eigenvalue weighted by molar-refractivity contribution is -0.119. The standard InChI is InChI=1S/C24H29IN4O2/c1-15(19-10-23(30)27-12-19)31-24-21(13-26-2)18(11-25)9-22(28-24)17-5-4-16-6-7-29(3)14-20(16)8-17/h4-5,8-9,11,13,15,19,26H,6-7,10,12,14H2,1-3H3,(H,27,30)/b18-11+,21-13+/t15-,19-/m1/s1. The number of amides is 1. The number of carbonyl (C=O) groups excluding carboxylic acids is 1. The summed E-state index contributed by atoms with van der Waals surface area (Å²) in [6, 6.07) is 8.78. The van der Waals surface area contributed by atoms with Gasteiger partial charge >= 0.3 is 0 Å². The van der Waals surface area contributed by atoms with Gasteiger partial charge in [0, 0.05) is 50.8 Å². The van der Waals surface area contributed by atoms with Gasteiger partial charge in [-0.15, -0.1) is 0 Å². The number of pyridine rings is 1. The van der Waals surface area contributed by atoms with E-state index < -0.39 is 0 Å². The number of aromatic nitrogens is 1. The minimum absolute atomic E-state index is 0.0875. The predicted octanol–water partition coefficient (Wildman–Crippen LogP) is 1.77. The number of hydrogen-bond acceptors (Lipinski definition) is 5. The molecule has 2 aromatic rings. The maximum atomic E-state index is 11.7. The van der Waals surface area contributed by atoms with E-state index in [9.17, 15) is 4.79 Å². The van der Waals surface area contributed by atoms with Crippen LogP contribution in [-0.4, -0.2) is 49.1 Å². The van der Waals surface area contributed by atoms with E-state index in [-0.39, 0.29) is 17.9 Å². The van der Waals surface area contributed by atoms with Crippen molar-refractivity contribution in [1.29, 1.82) is 0 Å². The maximum Gasteiger partial charge on any atom is 0.223 e. The third-order valence-corrected chi connectivity index (χ3v) is 6.81. The molecular weight excluding hydrogens is 503 g/mol. The summed E-state index contributed by atoms with van der Waals surface area (Å²) < 4.78 is 8.41. The Balaban J connectivity index is 1.74. The van der Waals surface area contributed by atoms with Crippen molar-refractivity contribution in [1.82, 2.24) is 20.5 Å². The molecule has 2 aliphatic rings. The Bertz CT molecular complexity index is 1100. The van der Waals surface area contributed by atoms with Gasteiger partial charge in [0.1, 0.15) is 6.10 Å². The Morgan fingerprint density at radius 1 is 1.35 bits per heavy atom. The first-order valence-electron chi connectivity index (χ1n) is 10.7. The third kappa shape index (κ3) is 4.87. The lowest BCUT2D eigenvalue weighted by Gasteiger charge is -2.25. The second-order valence-corrected chi connectivity index (χ2v) is 9.04. The van der Waals surface area contributed by atoms with Gasteiger partial charge in [-0.05, 0) is 53.0 Å². The molecule has 6 nitrogen and oxygen atoms in total. The topological polar surface area (TPSA) is 66.5 Å². The molecule has 0 bridgehead atoms. The molecule has 164 valence electrons.